The van der Waals surface area contributed by atoms with Crippen LogP contribution < -0.4 is 5.32 Å². The number of amides is 1. The van der Waals surface area contributed by atoms with Crippen LogP contribution in [0.15, 0.2) is 24.3 Å². The minimum atomic E-state index is -0.911. The van der Waals surface area contributed by atoms with E-state index in [0.29, 0.717) is 0 Å². The summed E-state index contributed by atoms with van der Waals surface area (Å²) in [4.78, 5) is 35.0. The Bertz CT molecular complexity index is 605. The first-order valence-corrected chi connectivity index (χ1v) is 7.30. The van der Waals surface area contributed by atoms with E-state index in [4.69, 9.17) is 4.74 Å². The van der Waals surface area contributed by atoms with Gasteiger partial charge in [-0.2, -0.15) is 0 Å². The fourth-order valence-corrected chi connectivity index (χ4v) is 1.98. The van der Waals surface area contributed by atoms with Gasteiger partial charge < -0.3 is 10.1 Å². The molecule has 0 radical (unpaired) electrons. The molecule has 0 saturated carbocycles. The number of rotatable bonds is 5. The fraction of sp³-hybridized carbons (Fsp3) is 0.500. The molecular formula is C16H22N2O5. The number of nitro benzene ring substituents is 1. The maximum Gasteiger partial charge on any atom is 0.408 e. The number of alkyl carbamates (subject to hydrolysis) is 1. The topological polar surface area (TPSA) is 98.5 Å². The second kappa shape index (κ2) is 7.21. The molecule has 1 amide bonds. The van der Waals surface area contributed by atoms with Gasteiger partial charge in [0, 0.05) is 6.07 Å². The maximum atomic E-state index is 12.6. The number of nitrogens with zero attached hydrogens (tertiary/aromatic N) is 1. The van der Waals surface area contributed by atoms with Crippen LogP contribution in [0.4, 0.5) is 10.5 Å². The SMILES string of the molecule is CC(C)C(NC(=O)OC(C)(C)C)C(=O)c1ccccc1[N+](=O)[O-]. The van der Waals surface area contributed by atoms with Gasteiger partial charge in [-0.1, -0.05) is 26.0 Å². The van der Waals surface area contributed by atoms with Crippen LogP contribution in [0.5, 0.6) is 0 Å². The molecule has 1 rings (SSSR count). The molecule has 7 heteroatoms. The predicted molar refractivity (Wildman–Crippen MR) is 85.4 cm³/mol. The van der Waals surface area contributed by atoms with Gasteiger partial charge in [0.1, 0.15) is 5.60 Å². The van der Waals surface area contributed by atoms with Crippen molar-refractivity contribution in [3.63, 3.8) is 0 Å². The first-order chi connectivity index (χ1) is 10.5. The lowest BCUT2D eigenvalue weighted by molar-refractivity contribution is -0.385. The van der Waals surface area contributed by atoms with Crippen LogP contribution in [0.1, 0.15) is 45.0 Å². The van der Waals surface area contributed by atoms with Gasteiger partial charge in [0.2, 0.25) is 0 Å². The number of hydrogen-bond donors (Lipinski definition) is 1. The largest absolute Gasteiger partial charge is 0.444 e. The summed E-state index contributed by atoms with van der Waals surface area (Å²) in [7, 11) is 0. The maximum absolute atomic E-state index is 12.6. The van der Waals surface area contributed by atoms with Crippen LogP contribution in [0.3, 0.4) is 0 Å². The van der Waals surface area contributed by atoms with Crippen molar-refractivity contribution in [3.05, 3.63) is 39.9 Å². The smallest absolute Gasteiger partial charge is 0.408 e. The lowest BCUT2D eigenvalue weighted by Gasteiger charge is -2.25. The standard InChI is InChI=1S/C16H22N2O5/c1-10(2)13(17-15(20)23-16(3,4)5)14(19)11-8-6-7-9-12(11)18(21)22/h6-10,13H,1-5H3,(H,17,20). The summed E-state index contributed by atoms with van der Waals surface area (Å²) in [6.45, 7) is 8.62. The molecule has 0 bridgehead atoms. The zero-order valence-corrected chi connectivity index (χ0v) is 14.0. The molecule has 0 fully saturated rings. The highest BCUT2D eigenvalue weighted by Gasteiger charge is 2.31. The average molecular weight is 322 g/mol. The monoisotopic (exact) mass is 322 g/mol. The molecule has 1 aromatic carbocycles. The quantitative estimate of drug-likeness (QED) is 0.509. The number of hydrogen-bond acceptors (Lipinski definition) is 5. The Morgan fingerprint density at radius 2 is 1.78 bits per heavy atom. The lowest BCUT2D eigenvalue weighted by Crippen LogP contribution is -2.46. The number of carbonyl (C=O) groups is 2. The van der Waals surface area contributed by atoms with E-state index in [9.17, 15) is 19.7 Å². The molecule has 126 valence electrons. The third kappa shape index (κ3) is 5.36. The van der Waals surface area contributed by atoms with Gasteiger partial charge in [0.05, 0.1) is 16.5 Å². The molecule has 1 unspecified atom stereocenters. The number of nitro groups is 1. The van der Waals surface area contributed by atoms with Crippen LogP contribution in [0.2, 0.25) is 0 Å². The summed E-state index contributed by atoms with van der Waals surface area (Å²) in [5.41, 5.74) is -1.02. The van der Waals surface area contributed by atoms with Gasteiger partial charge >= 0.3 is 6.09 Å². The Morgan fingerprint density at radius 3 is 2.26 bits per heavy atom. The molecule has 0 saturated heterocycles. The number of carbonyl (C=O) groups excluding carboxylic acids is 2. The summed E-state index contributed by atoms with van der Waals surface area (Å²) in [5.74, 6) is -0.770. The van der Waals surface area contributed by atoms with Crippen molar-refractivity contribution in [1.29, 1.82) is 0 Å². The summed E-state index contributed by atoms with van der Waals surface area (Å²) in [6.07, 6.45) is -0.733. The van der Waals surface area contributed by atoms with Crippen LogP contribution >= 0.6 is 0 Å². The van der Waals surface area contributed by atoms with E-state index in [1.54, 1.807) is 40.7 Å². The summed E-state index contributed by atoms with van der Waals surface area (Å²) < 4.78 is 5.15. The number of ketones is 1. The van der Waals surface area contributed by atoms with Gasteiger partial charge in [-0.25, -0.2) is 4.79 Å². The van der Waals surface area contributed by atoms with E-state index in [2.05, 4.69) is 5.32 Å². The molecule has 0 aliphatic heterocycles. The molecule has 0 heterocycles. The Labute approximate surface area is 135 Å². The number of benzene rings is 1. The lowest BCUT2D eigenvalue weighted by atomic mass is 9.94. The van der Waals surface area contributed by atoms with E-state index in [0.717, 1.165) is 0 Å². The molecular weight excluding hydrogens is 300 g/mol. The van der Waals surface area contributed by atoms with Crippen LogP contribution in [-0.4, -0.2) is 28.4 Å². The molecule has 7 nitrogen and oxygen atoms in total. The van der Waals surface area contributed by atoms with Crippen molar-refractivity contribution in [2.24, 2.45) is 5.92 Å². The van der Waals surface area contributed by atoms with Crippen LogP contribution in [0.25, 0.3) is 0 Å². The summed E-state index contributed by atoms with van der Waals surface area (Å²) in [5, 5.41) is 13.6. The Morgan fingerprint density at radius 1 is 1.22 bits per heavy atom. The number of ether oxygens (including phenoxy) is 1. The van der Waals surface area contributed by atoms with Gasteiger partial charge in [-0.15, -0.1) is 0 Å². The second-order valence-electron chi connectivity index (χ2n) is 6.51. The minimum Gasteiger partial charge on any atom is -0.444 e. The van der Waals surface area contributed by atoms with Crippen LogP contribution in [0, 0.1) is 16.0 Å². The number of nitrogens with one attached hydrogen (secondary N) is 1. The Balaban J connectivity index is 3.05. The third-order valence-electron chi connectivity index (χ3n) is 2.99. The van der Waals surface area contributed by atoms with Gasteiger partial charge in [-0.3, -0.25) is 14.9 Å². The van der Waals surface area contributed by atoms with Crippen molar-refractivity contribution in [2.75, 3.05) is 0 Å². The molecule has 0 aliphatic rings. The Hall–Kier alpha value is -2.44. The molecule has 23 heavy (non-hydrogen) atoms. The predicted octanol–water partition coefficient (Wildman–Crippen LogP) is 3.33. The van der Waals surface area contributed by atoms with E-state index in [1.807, 2.05) is 0 Å². The van der Waals surface area contributed by atoms with E-state index < -0.39 is 28.4 Å². The van der Waals surface area contributed by atoms with Crippen molar-refractivity contribution in [3.8, 4) is 0 Å². The number of para-hydroxylation sites is 1. The van der Waals surface area contributed by atoms with Crippen molar-refractivity contribution in [2.45, 2.75) is 46.3 Å². The van der Waals surface area contributed by atoms with E-state index in [1.165, 1.54) is 18.2 Å². The van der Waals surface area contributed by atoms with Crippen LogP contribution in [-0.2, 0) is 4.74 Å². The molecule has 1 aromatic rings. The minimum absolute atomic E-state index is 0.0349. The van der Waals surface area contributed by atoms with Gasteiger partial charge in [0.15, 0.2) is 5.78 Å². The zero-order valence-electron chi connectivity index (χ0n) is 14.0. The highest BCUT2D eigenvalue weighted by Crippen LogP contribution is 2.21. The van der Waals surface area contributed by atoms with Crippen molar-refractivity contribution in [1.82, 2.24) is 5.32 Å². The average Bonchev–Trinajstić information content (AvgIpc) is 2.41. The first kappa shape index (κ1) is 18.6. The molecule has 0 aromatic heterocycles. The Kier molecular flexibility index (Phi) is 5.84. The fourth-order valence-electron chi connectivity index (χ4n) is 1.98. The second-order valence-corrected chi connectivity index (χ2v) is 6.51. The van der Waals surface area contributed by atoms with Crippen molar-refractivity contribution >= 4 is 17.6 Å². The molecule has 1 atom stereocenters. The molecule has 0 aliphatic carbocycles. The van der Waals surface area contributed by atoms with E-state index >= 15 is 0 Å². The van der Waals surface area contributed by atoms with E-state index in [-0.39, 0.29) is 17.2 Å². The molecule has 1 N–H and O–H groups in total. The summed E-state index contributed by atoms with van der Waals surface area (Å²) >= 11 is 0. The van der Waals surface area contributed by atoms with Crippen molar-refractivity contribution < 1.29 is 19.2 Å². The highest BCUT2D eigenvalue weighted by atomic mass is 16.6. The summed E-state index contributed by atoms with van der Waals surface area (Å²) in [6, 6.07) is 4.77. The first-order valence-electron chi connectivity index (χ1n) is 7.30. The highest BCUT2D eigenvalue weighted by molar-refractivity contribution is 6.04. The van der Waals surface area contributed by atoms with Gasteiger partial charge in [0.25, 0.3) is 5.69 Å². The zero-order chi connectivity index (χ0) is 17.8. The molecule has 0 spiro atoms. The van der Waals surface area contributed by atoms with Gasteiger partial charge in [-0.05, 0) is 32.8 Å². The number of Topliss-reactive ketones (excluding diaryl/α,β-unsaturated/α-hetero) is 1. The normalized spacial score (nSPS) is 12.6. The third-order valence-corrected chi connectivity index (χ3v) is 2.99.